The summed E-state index contributed by atoms with van der Waals surface area (Å²) >= 11 is 1.46. The van der Waals surface area contributed by atoms with Gasteiger partial charge in [-0.1, -0.05) is 18.2 Å². The van der Waals surface area contributed by atoms with Crippen molar-refractivity contribution in [1.82, 2.24) is 25.1 Å². The van der Waals surface area contributed by atoms with Crippen molar-refractivity contribution in [2.24, 2.45) is 0 Å². The number of rotatable bonds is 5. The highest BCUT2D eigenvalue weighted by molar-refractivity contribution is 7.20. The highest BCUT2D eigenvalue weighted by atomic mass is 32.1. The van der Waals surface area contributed by atoms with Crippen molar-refractivity contribution in [3.05, 3.63) is 70.2 Å². The number of aromatic nitrogens is 4. The van der Waals surface area contributed by atoms with Gasteiger partial charge in [-0.3, -0.25) is 4.79 Å². The number of hydrogen-bond acceptors (Lipinski definition) is 5. The van der Waals surface area contributed by atoms with Gasteiger partial charge in [0.25, 0.3) is 5.91 Å². The predicted molar refractivity (Wildman–Crippen MR) is 114 cm³/mol. The number of amides is 1. The number of aryl methyl sites for hydroxylation is 2. The second-order valence-corrected chi connectivity index (χ2v) is 8.49. The van der Waals surface area contributed by atoms with Crippen LogP contribution in [0.4, 0.5) is 0 Å². The summed E-state index contributed by atoms with van der Waals surface area (Å²) in [6, 6.07) is 9.91. The molecule has 0 atom stereocenters. The van der Waals surface area contributed by atoms with Crippen LogP contribution in [0.1, 0.15) is 51.1 Å². The zero-order valence-electron chi connectivity index (χ0n) is 16.3. The number of nitrogens with zero attached hydrogens (tertiary/aromatic N) is 4. The van der Waals surface area contributed by atoms with Crippen LogP contribution in [0, 0.1) is 13.8 Å². The van der Waals surface area contributed by atoms with Crippen LogP contribution in [0.2, 0.25) is 0 Å². The molecule has 0 radical (unpaired) electrons. The van der Waals surface area contributed by atoms with Gasteiger partial charge in [0, 0.05) is 29.6 Å². The quantitative estimate of drug-likeness (QED) is 0.539. The molecule has 1 aliphatic rings. The molecule has 7 heteroatoms. The summed E-state index contributed by atoms with van der Waals surface area (Å²) in [6.07, 6.45) is 6.05. The highest BCUT2D eigenvalue weighted by Gasteiger charge is 2.28. The molecule has 1 fully saturated rings. The Kier molecular flexibility index (Phi) is 4.39. The number of thiophene rings is 1. The largest absolute Gasteiger partial charge is 0.347 e. The summed E-state index contributed by atoms with van der Waals surface area (Å²) in [5.41, 5.74) is 3.87. The summed E-state index contributed by atoms with van der Waals surface area (Å²) < 4.78 is 1.81. The SMILES string of the molecule is Cc1nc(C2CC2)nc2sc(C(=O)NCc3cnn(-c4ccccc4)c3)c(C)c12. The van der Waals surface area contributed by atoms with Gasteiger partial charge in [0.1, 0.15) is 10.7 Å². The third-order valence-corrected chi connectivity index (χ3v) is 6.43. The first-order valence-corrected chi connectivity index (χ1v) is 10.6. The monoisotopic (exact) mass is 403 g/mol. The van der Waals surface area contributed by atoms with Crippen LogP contribution in [0.25, 0.3) is 15.9 Å². The van der Waals surface area contributed by atoms with E-state index in [1.165, 1.54) is 24.2 Å². The van der Waals surface area contributed by atoms with E-state index < -0.39 is 0 Å². The van der Waals surface area contributed by atoms with Crippen LogP contribution in [-0.2, 0) is 6.54 Å². The van der Waals surface area contributed by atoms with E-state index in [0.717, 1.165) is 38.5 Å². The summed E-state index contributed by atoms with van der Waals surface area (Å²) in [7, 11) is 0. The average molecular weight is 404 g/mol. The minimum Gasteiger partial charge on any atom is -0.347 e. The molecule has 0 saturated heterocycles. The van der Waals surface area contributed by atoms with Crippen LogP contribution in [-0.4, -0.2) is 25.7 Å². The molecule has 3 aromatic heterocycles. The van der Waals surface area contributed by atoms with Gasteiger partial charge in [-0.2, -0.15) is 5.10 Å². The third-order valence-electron chi connectivity index (χ3n) is 5.25. The van der Waals surface area contributed by atoms with Gasteiger partial charge >= 0.3 is 0 Å². The first-order chi connectivity index (χ1) is 14.1. The molecule has 0 spiro atoms. The standard InChI is InChI=1S/C22H21N5OS/c1-13-18-14(2)25-20(16-8-9-16)26-22(18)29-19(13)21(28)23-10-15-11-24-27(12-15)17-6-4-3-5-7-17/h3-7,11-12,16H,8-10H2,1-2H3,(H,23,28). The second kappa shape index (κ2) is 7.08. The molecule has 0 bridgehead atoms. The van der Waals surface area contributed by atoms with Crippen LogP contribution in [0.15, 0.2) is 42.7 Å². The smallest absolute Gasteiger partial charge is 0.261 e. The van der Waals surface area contributed by atoms with Crippen molar-refractivity contribution in [3.63, 3.8) is 0 Å². The first kappa shape index (κ1) is 18.0. The molecular weight excluding hydrogens is 382 g/mol. The van der Waals surface area contributed by atoms with Crippen molar-refractivity contribution in [2.45, 2.75) is 39.2 Å². The van der Waals surface area contributed by atoms with Gasteiger partial charge in [-0.15, -0.1) is 11.3 Å². The van der Waals surface area contributed by atoms with Crippen LogP contribution in [0.3, 0.4) is 0 Å². The van der Waals surface area contributed by atoms with Crippen molar-refractivity contribution in [1.29, 1.82) is 0 Å². The maximum Gasteiger partial charge on any atom is 0.261 e. The van der Waals surface area contributed by atoms with Gasteiger partial charge in [-0.25, -0.2) is 14.6 Å². The number of fused-ring (bicyclic) bond motifs is 1. The predicted octanol–water partition coefficient (Wildman–Crippen LogP) is 4.30. The molecule has 29 heavy (non-hydrogen) atoms. The Labute approximate surface area is 172 Å². The van der Waals surface area contributed by atoms with E-state index in [1.807, 2.05) is 55.1 Å². The van der Waals surface area contributed by atoms with E-state index in [9.17, 15) is 4.79 Å². The topological polar surface area (TPSA) is 72.7 Å². The Balaban J connectivity index is 1.35. The molecule has 1 aromatic carbocycles. The number of carbonyl (C=O) groups is 1. The fourth-order valence-corrected chi connectivity index (χ4v) is 4.69. The van der Waals surface area contributed by atoms with Gasteiger partial charge in [0.2, 0.25) is 0 Å². The minimum absolute atomic E-state index is 0.0784. The molecule has 6 nitrogen and oxygen atoms in total. The van der Waals surface area contributed by atoms with E-state index in [0.29, 0.717) is 17.3 Å². The van der Waals surface area contributed by atoms with Crippen molar-refractivity contribution in [2.75, 3.05) is 0 Å². The Morgan fingerprint density at radius 1 is 1.21 bits per heavy atom. The van der Waals surface area contributed by atoms with Gasteiger partial charge in [-0.05, 0) is 44.4 Å². The van der Waals surface area contributed by atoms with E-state index >= 15 is 0 Å². The first-order valence-electron chi connectivity index (χ1n) is 9.75. The van der Waals surface area contributed by atoms with Crippen molar-refractivity contribution < 1.29 is 4.79 Å². The lowest BCUT2D eigenvalue weighted by Gasteiger charge is -2.03. The number of benzene rings is 1. The zero-order valence-corrected chi connectivity index (χ0v) is 17.2. The normalized spacial score (nSPS) is 13.7. The Morgan fingerprint density at radius 2 is 2.00 bits per heavy atom. The molecule has 4 aromatic rings. The Hall–Kier alpha value is -3.06. The molecular formula is C22H21N5OS. The molecule has 1 N–H and O–H groups in total. The van der Waals surface area contributed by atoms with Crippen molar-refractivity contribution >= 4 is 27.5 Å². The number of para-hydroxylation sites is 1. The van der Waals surface area contributed by atoms with E-state index in [-0.39, 0.29) is 5.91 Å². The molecule has 3 heterocycles. The maximum absolute atomic E-state index is 12.9. The second-order valence-electron chi connectivity index (χ2n) is 7.49. The van der Waals surface area contributed by atoms with Crippen LogP contribution < -0.4 is 5.32 Å². The Bertz CT molecular complexity index is 1210. The van der Waals surface area contributed by atoms with E-state index in [1.54, 1.807) is 6.20 Å². The van der Waals surface area contributed by atoms with Crippen LogP contribution >= 0.6 is 11.3 Å². The van der Waals surface area contributed by atoms with Crippen molar-refractivity contribution in [3.8, 4) is 5.69 Å². The van der Waals surface area contributed by atoms with Gasteiger partial charge < -0.3 is 5.32 Å². The molecule has 5 rings (SSSR count). The maximum atomic E-state index is 12.9. The van der Waals surface area contributed by atoms with E-state index in [4.69, 9.17) is 4.98 Å². The lowest BCUT2D eigenvalue weighted by Crippen LogP contribution is -2.22. The summed E-state index contributed by atoms with van der Waals surface area (Å²) in [5, 5.41) is 8.42. The molecule has 1 amide bonds. The minimum atomic E-state index is -0.0784. The van der Waals surface area contributed by atoms with Gasteiger partial charge in [0.05, 0.1) is 22.5 Å². The van der Waals surface area contributed by atoms with Crippen LogP contribution in [0.5, 0.6) is 0 Å². The molecule has 0 unspecified atom stereocenters. The third kappa shape index (κ3) is 3.42. The molecule has 0 aliphatic heterocycles. The van der Waals surface area contributed by atoms with Gasteiger partial charge in [0.15, 0.2) is 0 Å². The number of carbonyl (C=O) groups excluding carboxylic acids is 1. The summed E-state index contributed by atoms with van der Waals surface area (Å²) in [4.78, 5) is 23.9. The fraction of sp³-hybridized carbons (Fsp3) is 0.273. The number of nitrogens with one attached hydrogen (secondary N) is 1. The number of hydrogen-bond donors (Lipinski definition) is 1. The summed E-state index contributed by atoms with van der Waals surface area (Å²) in [6.45, 7) is 4.42. The fourth-order valence-electron chi connectivity index (χ4n) is 3.54. The van der Waals surface area contributed by atoms with E-state index in [2.05, 4.69) is 15.4 Å². The summed E-state index contributed by atoms with van der Waals surface area (Å²) in [5.74, 6) is 1.35. The lowest BCUT2D eigenvalue weighted by molar-refractivity contribution is 0.0954. The average Bonchev–Trinajstić information content (AvgIpc) is 3.38. The highest BCUT2D eigenvalue weighted by Crippen LogP contribution is 2.40. The molecule has 1 aliphatic carbocycles. The zero-order chi connectivity index (χ0) is 20.0. The molecule has 1 saturated carbocycles. The molecule has 146 valence electrons. The Morgan fingerprint density at radius 3 is 2.76 bits per heavy atom. The lowest BCUT2D eigenvalue weighted by atomic mass is 10.1.